The number of hydrogen-bond donors (Lipinski definition) is 0. The Kier molecular flexibility index (Phi) is 5.65. The van der Waals surface area contributed by atoms with E-state index in [1.807, 2.05) is 0 Å². The molecule has 0 radical (unpaired) electrons. The summed E-state index contributed by atoms with van der Waals surface area (Å²) in [6.45, 7) is 0.903. The molecule has 0 bridgehead atoms. The molecule has 0 aliphatic heterocycles. The molecular weight excluding hydrogens is 377 g/mol. The summed E-state index contributed by atoms with van der Waals surface area (Å²) in [6.07, 6.45) is -0.929. The molecule has 122 valence electrons. The third-order valence-corrected chi connectivity index (χ3v) is 3.44. The molecule has 0 aliphatic carbocycles. The molecular formula is C16H12BrF3O3. The monoisotopic (exact) mass is 388 g/mol. The minimum absolute atomic E-state index is 0.0366. The van der Waals surface area contributed by atoms with Crippen LogP contribution in [0.3, 0.4) is 0 Å². The molecule has 0 spiro atoms. The zero-order valence-corrected chi connectivity index (χ0v) is 13.6. The maximum Gasteiger partial charge on any atom is 0.344 e. The van der Waals surface area contributed by atoms with E-state index in [0.717, 1.165) is 6.07 Å². The molecule has 0 aliphatic rings. The molecule has 3 nitrogen and oxygen atoms in total. The molecule has 0 amide bonds. The Morgan fingerprint density at radius 1 is 1.13 bits per heavy atom. The molecule has 0 heterocycles. The van der Waals surface area contributed by atoms with Crippen LogP contribution < -0.4 is 4.74 Å². The second-order valence-electron chi connectivity index (χ2n) is 4.66. The highest BCUT2D eigenvalue weighted by molar-refractivity contribution is 9.10. The van der Waals surface area contributed by atoms with Gasteiger partial charge in [-0.05, 0) is 37.3 Å². The normalized spacial score (nSPS) is 11.9. The Balaban J connectivity index is 1.93. The standard InChI is InChI=1S/C16H12BrF3O3/c1-9(12-4-3-11(18)7-13(12)19)23-16(21)8-22-15-5-2-10(17)6-14(15)20/h2-7,9H,8H2,1H3. The third kappa shape index (κ3) is 4.72. The molecule has 0 fully saturated rings. The molecule has 7 heteroatoms. The van der Waals surface area contributed by atoms with Crippen LogP contribution in [0.4, 0.5) is 13.2 Å². The highest BCUT2D eigenvalue weighted by Gasteiger charge is 2.17. The molecule has 2 aromatic rings. The van der Waals surface area contributed by atoms with Gasteiger partial charge in [-0.25, -0.2) is 18.0 Å². The third-order valence-electron chi connectivity index (χ3n) is 2.95. The maximum absolute atomic E-state index is 13.6. The van der Waals surface area contributed by atoms with Crippen LogP contribution in [0.2, 0.25) is 0 Å². The molecule has 2 rings (SSSR count). The van der Waals surface area contributed by atoms with Gasteiger partial charge in [0.05, 0.1) is 0 Å². The van der Waals surface area contributed by atoms with Crippen molar-refractivity contribution in [1.29, 1.82) is 0 Å². The Morgan fingerprint density at radius 2 is 1.87 bits per heavy atom. The Bertz CT molecular complexity index is 722. The van der Waals surface area contributed by atoms with Crippen molar-refractivity contribution in [2.45, 2.75) is 13.0 Å². The van der Waals surface area contributed by atoms with Crippen molar-refractivity contribution < 1.29 is 27.4 Å². The summed E-state index contributed by atoms with van der Waals surface area (Å²) in [5.74, 6) is -3.08. The number of carbonyl (C=O) groups is 1. The smallest absolute Gasteiger partial charge is 0.344 e. The molecule has 0 aromatic heterocycles. The van der Waals surface area contributed by atoms with E-state index in [1.165, 1.54) is 25.1 Å². The fourth-order valence-electron chi connectivity index (χ4n) is 1.85. The molecule has 0 saturated heterocycles. The molecule has 23 heavy (non-hydrogen) atoms. The number of halogens is 4. The Hall–Kier alpha value is -2.02. The van der Waals surface area contributed by atoms with E-state index in [-0.39, 0.29) is 11.3 Å². The number of esters is 1. The minimum Gasteiger partial charge on any atom is -0.479 e. The van der Waals surface area contributed by atoms with Crippen LogP contribution >= 0.6 is 15.9 Å². The van der Waals surface area contributed by atoms with Crippen LogP contribution in [0.5, 0.6) is 5.75 Å². The number of benzene rings is 2. The van der Waals surface area contributed by atoms with E-state index in [4.69, 9.17) is 9.47 Å². The van der Waals surface area contributed by atoms with Gasteiger partial charge in [-0.1, -0.05) is 15.9 Å². The van der Waals surface area contributed by atoms with Gasteiger partial charge in [0.2, 0.25) is 0 Å². The average molecular weight is 389 g/mol. The zero-order chi connectivity index (χ0) is 17.0. The minimum atomic E-state index is -0.929. The topological polar surface area (TPSA) is 35.5 Å². The van der Waals surface area contributed by atoms with E-state index in [1.54, 1.807) is 6.07 Å². The van der Waals surface area contributed by atoms with Gasteiger partial charge in [-0.3, -0.25) is 0 Å². The van der Waals surface area contributed by atoms with Crippen molar-refractivity contribution in [3.8, 4) is 5.75 Å². The van der Waals surface area contributed by atoms with Crippen molar-refractivity contribution >= 4 is 21.9 Å². The fraction of sp³-hybridized carbons (Fsp3) is 0.188. The highest BCUT2D eigenvalue weighted by Crippen LogP contribution is 2.23. The summed E-state index contributed by atoms with van der Waals surface area (Å²) in [7, 11) is 0. The second-order valence-corrected chi connectivity index (χ2v) is 5.58. The van der Waals surface area contributed by atoms with Crippen molar-refractivity contribution in [2.75, 3.05) is 6.61 Å². The lowest BCUT2D eigenvalue weighted by Gasteiger charge is -2.15. The summed E-state index contributed by atoms with van der Waals surface area (Å²) < 4.78 is 50.5. The van der Waals surface area contributed by atoms with Crippen LogP contribution in [0.1, 0.15) is 18.6 Å². The van der Waals surface area contributed by atoms with Crippen molar-refractivity contribution in [3.05, 3.63) is 63.9 Å². The summed E-state index contributed by atoms with van der Waals surface area (Å²) in [6, 6.07) is 7.06. The Labute approximate surface area is 139 Å². The summed E-state index contributed by atoms with van der Waals surface area (Å²) in [5.41, 5.74) is 0.0366. The first kappa shape index (κ1) is 17.3. The van der Waals surface area contributed by atoms with E-state index in [0.29, 0.717) is 10.5 Å². The van der Waals surface area contributed by atoms with Crippen LogP contribution in [0.15, 0.2) is 40.9 Å². The van der Waals surface area contributed by atoms with Crippen LogP contribution in [0, 0.1) is 17.5 Å². The summed E-state index contributed by atoms with van der Waals surface area (Å²) in [5, 5.41) is 0. The number of hydrogen-bond acceptors (Lipinski definition) is 3. The predicted octanol–water partition coefficient (Wildman–Crippen LogP) is 4.55. The predicted molar refractivity (Wildman–Crippen MR) is 80.5 cm³/mol. The average Bonchev–Trinajstić information content (AvgIpc) is 2.46. The lowest BCUT2D eigenvalue weighted by molar-refractivity contribution is -0.151. The van der Waals surface area contributed by atoms with Gasteiger partial charge in [0.1, 0.15) is 17.7 Å². The van der Waals surface area contributed by atoms with Gasteiger partial charge < -0.3 is 9.47 Å². The van der Waals surface area contributed by atoms with Gasteiger partial charge in [0.25, 0.3) is 0 Å². The lowest BCUT2D eigenvalue weighted by Crippen LogP contribution is -2.18. The fourth-order valence-corrected chi connectivity index (χ4v) is 2.19. The highest BCUT2D eigenvalue weighted by atomic mass is 79.9. The van der Waals surface area contributed by atoms with Crippen molar-refractivity contribution in [1.82, 2.24) is 0 Å². The van der Waals surface area contributed by atoms with E-state index in [2.05, 4.69) is 15.9 Å². The molecule has 0 N–H and O–H groups in total. The van der Waals surface area contributed by atoms with Crippen molar-refractivity contribution in [3.63, 3.8) is 0 Å². The van der Waals surface area contributed by atoms with Gasteiger partial charge in [0, 0.05) is 16.1 Å². The number of carbonyl (C=O) groups excluding carboxylic acids is 1. The summed E-state index contributed by atoms with van der Waals surface area (Å²) >= 11 is 3.10. The number of ether oxygens (including phenoxy) is 2. The van der Waals surface area contributed by atoms with Gasteiger partial charge >= 0.3 is 5.97 Å². The van der Waals surface area contributed by atoms with E-state index >= 15 is 0 Å². The van der Waals surface area contributed by atoms with Crippen LogP contribution in [-0.2, 0) is 9.53 Å². The molecule has 2 aromatic carbocycles. The van der Waals surface area contributed by atoms with Gasteiger partial charge in [-0.15, -0.1) is 0 Å². The molecule has 0 saturated carbocycles. The summed E-state index contributed by atoms with van der Waals surface area (Å²) in [4.78, 5) is 11.7. The molecule has 1 unspecified atom stereocenters. The first-order valence-corrected chi connectivity index (χ1v) is 7.38. The zero-order valence-electron chi connectivity index (χ0n) is 12.0. The van der Waals surface area contributed by atoms with Crippen LogP contribution in [0.25, 0.3) is 0 Å². The number of rotatable bonds is 5. The maximum atomic E-state index is 13.6. The Morgan fingerprint density at radius 3 is 2.52 bits per heavy atom. The first-order chi connectivity index (χ1) is 10.9. The lowest BCUT2D eigenvalue weighted by atomic mass is 10.1. The van der Waals surface area contributed by atoms with Crippen LogP contribution in [-0.4, -0.2) is 12.6 Å². The van der Waals surface area contributed by atoms with Crippen molar-refractivity contribution in [2.24, 2.45) is 0 Å². The first-order valence-electron chi connectivity index (χ1n) is 6.59. The van der Waals surface area contributed by atoms with E-state index < -0.39 is 36.1 Å². The van der Waals surface area contributed by atoms with E-state index in [9.17, 15) is 18.0 Å². The van der Waals surface area contributed by atoms with Gasteiger partial charge in [-0.2, -0.15) is 0 Å². The largest absolute Gasteiger partial charge is 0.479 e. The quantitative estimate of drug-likeness (QED) is 0.704. The van der Waals surface area contributed by atoms with Gasteiger partial charge in [0.15, 0.2) is 18.2 Å². The SMILES string of the molecule is CC(OC(=O)COc1ccc(Br)cc1F)c1ccc(F)cc1F. The molecule has 1 atom stereocenters. The second kappa shape index (κ2) is 7.50.